The van der Waals surface area contributed by atoms with Crippen LogP contribution in [-0.2, 0) is 0 Å². The lowest BCUT2D eigenvalue weighted by Crippen LogP contribution is -2.12. The normalized spacial score (nSPS) is 10.4. The van der Waals surface area contributed by atoms with Crippen LogP contribution in [0.25, 0.3) is 10.4 Å². The van der Waals surface area contributed by atoms with Crippen molar-refractivity contribution in [2.45, 2.75) is 0 Å². The number of carbonyl (C=O) groups excluding carboxylic acids is 1. The molecule has 0 saturated carbocycles. The first kappa shape index (κ1) is 13.2. The highest BCUT2D eigenvalue weighted by atomic mass is 35.5. The fraction of sp³-hybridized carbons (Fsp3) is 0. The van der Waals surface area contributed by atoms with Crippen molar-refractivity contribution in [3.63, 3.8) is 0 Å². The molecule has 0 fully saturated rings. The average molecular weight is 322 g/mol. The third-order valence-electron chi connectivity index (χ3n) is 2.56. The van der Waals surface area contributed by atoms with E-state index < -0.39 is 0 Å². The van der Waals surface area contributed by atoms with E-state index in [2.05, 4.69) is 15.5 Å². The summed E-state index contributed by atoms with van der Waals surface area (Å²) < 4.78 is 0.252. The molecule has 1 N–H and O–H groups in total. The Kier molecular flexibility index (Phi) is 3.77. The van der Waals surface area contributed by atoms with Crippen molar-refractivity contribution in [3.05, 3.63) is 51.3 Å². The predicted molar refractivity (Wildman–Crippen MR) is 82.6 cm³/mol. The van der Waals surface area contributed by atoms with Crippen LogP contribution in [-0.4, -0.2) is 16.1 Å². The van der Waals surface area contributed by atoms with Gasteiger partial charge in [0.05, 0.1) is 0 Å². The summed E-state index contributed by atoms with van der Waals surface area (Å²) in [5.74, 6) is -0.307. The second-order valence-corrected chi connectivity index (χ2v) is 6.34. The number of nitrogens with one attached hydrogen (secondary N) is 1. The number of carbonyl (C=O) groups is 1. The number of amides is 1. The SMILES string of the molecule is O=C(Nc1ccccc1-c1cccs1)c1nnc(Cl)s1. The molecule has 3 rings (SSSR count). The van der Waals surface area contributed by atoms with Crippen LogP contribution in [0.5, 0.6) is 0 Å². The molecular weight excluding hydrogens is 314 g/mol. The molecule has 3 aromatic rings. The molecule has 0 atom stereocenters. The zero-order valence-electron chi connectivity index (χ0n) is 10.0. The summed E-state index contributed by atoms with van der Waals surface area (Å²) in [5.41, 5.74) is 1.72. The van der Waals surface area contributed by atoms with Gasteiger partial charge >= 0.3 is 0 Å². The van der Waals surface area contributed by atoms with Gasteiger partial charge in [-0.25, -0.2) is 0 Å². The molecule has 0 unspecified atom stereocenters. The van der Waals surface area contributed by atoms with Gasteiger partial charge in [0.2, 0.25) is 9.47 Å². The molecule has 4 nitrogen and oxygen atoms in total. The minimum Gasteiger partial charge on any atom is -0.319 e. The average Bonchev–Trinajstić information content (AvgIpc) is 3.10. The molecule has 7 heteroatoms. The van der Waals surface area contributed by atoms with E-state index >= 15 is 0 Å². The monoisotopic (exact) mass is 321 g/mol. The van der Waals surface area contributed by atoms with Crippen molar-refractivity contribution in [1.82, 2.24) is 10.2 Å². The first-order chi connectivity index (χ1) is 9.74. The number of anilines is 1. The van der Waals surface area contributed by atoms with Crippen LogP contribution in [0.15, 0.2) is 41.8 Å². The molecule has 0 aliphatic carbocycles. The minimum absolute atomic E-state index is 0.246. The fourth-order valence-corrected chi connectivity index (χ4v) is 3.20. The van der Waals surface area contributed by atoms with Crippen LogP contribution in [0.3, 0.4) is 0 Å². The van der Waals surface area contributed by atoms with E-state index in [1.807, 2.05) is 41.8 Å². The standard InChI is InChI=1S/C13H8ClN3OS2/c14-13-17-16-12(20-13)11(18)15-9-5-2-1-4-8(9)10-6-3-7-19-10/h1-7H,(H,15,18). The fourth-order valence-electron chi connectivity index (χ4n) is 1.71. The van der Waals surface area contributed by atoms with E-state index in [4.69, 9.17) is 11.6 Å². The Morgan fingerprint density at radius 1 is 1.15 bits per heavy atom. The zero-order chi connectivity index (χ0) is 13.9. The third-order valence-corrected chi connectivity index (χ3v) is 4.48. The van der Waals surface area contributed by atoms with Crippen molar-refractivity contribution >= 4 is 45.9 Å². The smallest absolute Gasteiger partial charge is 0.286 e. The summed E-state index contributed by atoms with van der Waals surface area (Å²) in [5, 5.41) is 12.4. The molecule has 0 saturated heterocycles. The number of nitrogens with zero attached hydrogens (tertiary/aromatic N) is 2. The molecule has 20 heavy (non-hydrogen) atoms. The van der Waals surface area contributed by atoms with Gasteiger partial charge in [0.1, 0.15) is 0 Å². The van der Waals surface area contributed by atoms with Crippen LogP contribution in [0.1, 0.15) is 9.80 Å². The van der Waals surface area contributed by atoms with Gasteiger partial charge in [0, 0.05) is 16.1 Å². The zero-order valence-corrected chi connectivity index (χ0v) is 12.4. The molecule has 0 aliphatic heterocycles. The second-order valence-electron chi connectivity index (χ2n) is 3.84. The maximum atomic E-state index is 12.1. The van der Waals surface area contributed by atoms with E-state index in [0.717, 1.165) is 27.5 Å². The molecule has 1 aromatic carbocycles. The summed E-state index contributed by atoms with van der Waals surface area (Å²) in [6.07, 6.45) is 0. The lowest BCUT2D eigenvalue weighted by Gasteiger charge is -2.08. The van der Waals surface area contributed by atoms with E-state index in [0.29, 0.717) is 0 Å². The van der Waals surface area contributed by atoms with Gasteiger partial charge < -0.3 is 5.32 Å². The summed E-state index contributed by atoms with van der Waals surface area (Å²) >= 11 is 8.36. The van der Waals surface area contributed by atoms with Crippen molar-refractivity contribution < 1.29 is 4.79 Å². The Balaban J connectivity index is 1.90. The molecule has 0 aliphatic rings. The van der Waals surface area contributed by atoms with Gasteiger partial charge in [-0.3, -0.25) is 4.79 Å². The maximum Gasteiger partial charge on any atom is 0.286 e. The summed E-state index contributed by atoms with van der Waals surface area (Å²) in [6, 6.07) is 11.6. The highest BCUT2D eigenvalue weighted by Gasteiger charge is 2.14. The van der Waals surface area contributed by atoms with Gasteiger partial charge in [-0.2, -0.15) is 0 Å². The predicted octanol–water partition coefficient (Wildman–Crippen LogP) is 4.17. The van der Waals surface area contributed by atoms with Crippen molar-refractivity contribution in [2.75, 3.05) is 5.32 Å². The molecule has 1 amide bonds. The highest BCUT2D eigenvalue weighted by molar-refractivity contribution is 7.17. The lowest BCUT2D eigenvalue weighted by molar-refractivity contribution is 0.102. The van der Waals surface area contributed by atoms with Crippen LogP contribution in [0, 0.1) is 0 Å². The highest BCUT2D eigenvalue weighted by Crippen LogP contribution is 2.31. The molecule has 2 heterocycles. The topological polar surface area (TPSA) is 54.9 Å². The third kappa shape index (κ3) is 2.72. The summed E-state index contributed by atoms with van der Waals surface area (Å²) in [7, 11) is 0. The minimum atomic E-state index is -0.307. The van der Waals surface area contributed by atoms with E-state index in [9.17, 15) is 4.79 Å². The maximum absolute atomic E-state index is 12.1. The number of hydrogen-bond donors (Lipinski definition) is 1. The quantitative estimate of drug-likeness (QED) is 0.787. The van der Waals surface area contributed by atoms with Gasteiger partial charge in [-0.1, -0.05) is 35.6 Å². The number of rotatable bonds is 3. The second kappa shape index (κ2) is 5.70. The molecule has 0 radical (unpaired) electrons. The molecule has 100 valence electrons. The number of halogens is 1. The van der Waals surface area contributed by atoms with Gasteiger partial charge in [-0.15, -0.1) is 21.5 Å². The number of benzene rings is 1. The largest absolute Gasteiger partial charge is 0.319 e. The first-order valence-electron chi connectivity index (χ1n) is 5.67. The summed E-state index contributed by atoms with van der Waals surface area (Å²) in [6.45, 7) is 0. The van der Waals surface area contributed by atoms with Crippen molar-refractivity contribution in [1.29, 1.82) is 0 Å². The lowest BCUT2D eigenvalue weighted by atomic mass is 10.1. The molecular formula is C13H8ClN3OS2. The van der Waals surface area contributed by atoms with Crippen LogP contribution in [0.2, 0.25) is 4.47 Å². The Morgan fingerprint density at radius 3 is 2.70 bits per heavy atom. The summed E-state index contributed by atoms with van der Waals surface area (Å²) in [4.78, 5) is 13.2. The number of aromatic nitrogens is 2. The van der Waals surface area contributed by atoms with Gasteiger partial charge in [0.15, 0.2) is 0 Å². The van der Waals surface area contributed by atoms with Gasteiger partial charge in [0.25, 0.3) is 5.91 Å². The first-order valence-corrected chi connectivity index (χ1v) is 7.75. The molecule has 0 spiro atoms. The Labute approximate surface area is 128 Å². The van der Waals surface area contributed by atoms with Crippen LogP contribution in [0.4, 0.5) is 5.69 Å². The Morgan fingerprint density at radius 2 is 2.00 bits per heavy atom. The van der Waals surface area contributed by atoms with E-state index in [1.54, 1.807) is 11.3 Å². The van der Waals surface area contributed by atoms with E-state index in [-0.39, 0.29) is 15.4 Å². The number of para-hydroxylation sites is 1. The Hall–Kier alpha value is -1.76. The van der Waals surface area contributed by atoms with Crippen molar-refractivity contribution in [2.24, 2.45) is 0 Å². The molecule has 2 aromatic heterocycles. The number of hydrogen-bond acceptors (Lipinski definition) is 5. The van der Waals surface area contributed by atoms with Crippen LogP contribution >= 0.6 is 34.3 Å². The van der Waals surface area contributed by atoms with Crippen LogP contribution < -0.4 is 5.32 Å². The van der Waals surface area contributed by atoms with E-state index in [1.165, 1.54) is 0 Å². The van der Waals surface area contributed by atoms with Crippen molar-refractivity contribution in [3.8, 4) is 10.4 Å². The van der Waals surface area contributed by atoms with Gasteiger partial charge in [-0.05, 0) is 29.1 Å². The molecule has 0 bridgehead atoms. The number of thiophene rings is 1. The Bertz CT molecular complexity index is 740.